The molecule has 2 rings (SSSR count). The predicted octanol–water partition coefficient (Wildman–Crippen LogP) is 3.82. The lowest BCUT2D eigenvalue weighted by molar-refractivity contribution is 0.0698. The number of nitrogens with one attached hydrogen (secondary N) is 2. The third-order valence-electron chi connectivity index (χ3n) is 2.54. The van der Waals surface area contributed by atoms with E-state index in [-0.39, 0.29) is 11.3 Å². The Morgan fingerprint density at radius 1 is 1.10 bits per heavy atom. The summed E-state index contributed by atoms with van der Waals surface area (Å²) in [4.78, 5) is 22.8. The number of carbonyl (C=O) groups excluding carboxylic acids is 1. The largest absolute Gasteiger partial charge is 0.478 e. The molecule has 0 heterocycles. The molecule has 0 fully saturated rings. The monoisotopic (exact) mass is 308 g/mol. The maximum absolute atomic E-state index is 13.2. The van der Waals surface area contributed by atoms with Gasteiger partial charge in [-0.1, -0.05) is 17.7 Å². The minimum atomic E-state index is -1.27. The first-order valence-corrected chi connectivity index (χ1v) is 6.20. The van der Waals surface area contributed by atoms with E-state index < -0.39 is 17.8 Å². The minimum absolute atomic E-state index is 0.137. The Morgan fingerprint density at radius 2 is 1.86 bits per heavy atom. The molecular weight excluding hydrogens is 299 g/mol. The van der Waals surface area contributed by atoms with Crippen LogP contribution in [0.15, 0.2) is 42.5 Å². The lowest BCUT2D eigenvalue weighted by Crippen LogP contribution is -2.21. The number of aromatic carboxylic acids is 1. The Hall–Kier alpha value is -2.60. The normalized spacial score (nSPS) is 10.0. The Balaban J connectivity index is 2.16. The maximum atomic E-state index is 13.2. The van der Waals surface area contributed by atoms with Crippen molar-refractivity contribution in [2.75, 3.05) is 10.6 Å². The number of hydrogen-bond acceptors (Lipinski definition) is 2. The Bertz CT molecular complexity index is 706. The van der Waals surface area contributed by atoms with Crippen LogP contribution < -0.4 is 10.6 Å². The highest BCUT2D eigenvalue weighted by atomic mass is 35.5. The van der Waals surface area contributed by atoms with Gasteiger partial charge in [0.2, 0.25) is 0 Å². The number of rotatable bonds is 3. The van der Waals surface area contributed by atoms with Gasteiger partial charge in [-0.15, -0.1) is 0 Å². The second-order valence-corrected chi connectivity index (χ2v) is 4.52. The molecule has 0 saturated heterocycles. The third kappa shape index (κ3) is 3.93. The van der Waals surface area contributed by atoms with Crippen LogP contribution in [0.5, 0.6) is 0 Å². The summed E-state index contributed by atoms with van der Waals surface area (Å²) in [5.41, 5.74) is 0.0768. The highest BCUT2D eigenvalue weighted by molar-refractivity contribution is 6.30. The summed E-state index contributed by atoms with van der Waals surface area (Å²) >= 11 is 5.78. The molecular formula is C14H10ClFN2O3. The van der Waals surface area contributed by atoms with Crippen molar-refractivity contribution in [1.82, 2.24) is 0 Å². The summed E-state index contributed by atoms with van der Waals surface area (Å²) in [7, 11) is 0. The maximum Gasteiger partial charge on any atom is 0.337 e. The van der Waals surface area contributed by atoms with Gasteiger partial charge < -0.3 is 15.7 Å². The fourth-order valence-electron chi connectivity index (χ4n) is 1.66. The van der Waals surface area contributed by atoms with Crippen LogP contribution in [0.25, 0.3) is 0 Å². The van der Waals surface area contributed by atoms with Crippen molar-refractivity contribution in [2.45, 2.75) is 0 Å². The lowest BCUT2D eigenvalue weighted by atomic mass is 10.2. The van der Waals surface area contributed by atoms with Crippen LogP contribution in [-0.2, 0) is 0 Å². The number of carbonyl (C=O) groups is 2. The second-order valence-electron chi connectivity index (χ2n) is 4.08. The summed E-state index contributed by atoms with van der Waals surface area (Å²) in [5, 5.41) is 14.2. The average Bonchev–Trinajstić information content (AvgIpc) is 2.38. The van der Waals surface area contributed by atoms with E-state index in [4.69, 9.17) is 16.7 Å². The van der Waals surface area contributed by atoms with E-state index in [0.29, 0.717) is 10.7 Å². The summed E-state index contributed by atoms with van der Waals surface area (Å²) in [6.45, 7) is 0. The van der Waals surface area contributed by atoms with Crippen LogP contribution in [0.3, 0.4) is 0 Å². The average molecular weight is 309 g/mol. The van der Waals surface area contributed by atoms with Crippen molar-refractivity contribution in [3.63, 3.8) is 0 Å². The number of amides is 2. The van der Waals surface area contributed by atoms with Gasteiger partial charge in [0.05, 0.1) is 11.3 Å². The summed E-state index contributed by atoms with van der Waals surface area (Å²) in [6, 6.07) is 8.71. The summed E-state index contributed by atoms with van der Waals surface area (Å²) in [5.74, 6) is -1.92. The van der Waals surface area contributed by atoms with Gasteiger partial charge in [0.15, 0.2) is 0 Å². The van der Waals surface area contributed by atoms with Crippen molar-refractivity contribution in [3.8, 4) is 0 Å². The van der Waals surface area contributed by atoms with Crippen LogP contribution in [0.1, 0.15) is 10.4 Å². The van der Waals surface area contributed by atoms with Crippen molar-refractivity contribution in [3.05, 3.63) is 58.9 Å². The van der Waals surface area contributed by atoms with Crippen LogP contribution in [0.4, 0.5) is 20.6 Å². The molecule has 108 valence electrons. The van der Waals surface area contributed by atoms with Crippen molar-refractivity contribution < 1.29 is 19.1 Å². The number of urea groups is 1. The molecule has 7 heteroatoms. The summed E-state index contributed by atoms with van der Waals surface area (Å²) in [6.07, 6.45) is 0. The Kier molecular flexibility index (Phi) is 4.39. The zero-order chi connectivity index (χ0) is 15.4. The molecule has 2 aromatic carbocycles. The Morgan fingerprint density at radius 3 is 2.52 bits per heavy atom. The standard InChI is InChI=1S/C14H10ClFN2O3/c15-8-2-1-3-10(6-8)17-14(21)18-12-7-9(16)4-5-11(12)13(19)20/h1-7H,(H,19,20)(H2,17,18,21). The number of halogens is 2. The molecule has 0 atom stereocenters. The van der Waals surface area contributed by atoms with E-state index in [1.54, 1.807) is 18.2 Å². The molecule has 0 spiro atoms. The van der Waals surface area contributed by atoms with Crippen LogP contribution in [0, 0.1) is 5.82 Å². The molecule has 0 saturated carbocycles. The van der Waals surface area contributed by atoms with Gasteiger partial charge in [0, 0.05) is 10.7 Å². The fourth-order valence-corrected chi connectivity index (χ4v) is 1.85. The molecule has 21 heavy (non-hydrogen) atoms. The van der Waals surface area contributed by atoms with Crippen LogP contribution >= 0.6 is 11.6 Å². The zero-order valence-corrected chi connectivity index (χ0v) is 11.3. The fraction of sp³-hybridized carbons (Fsp3) is 0. The first-order chi connectivity index (χ1) is 9.95. The van der Waals surface area contributed by atoms with Gasteiger partial charge >= 0.3 is 12.0 Å². The van der Waals surface area contributed by atoms with Gasteiger partial charge in [-0.25, -0.2) is 14.0 Å². The number of benzene rings is 2. The number of hydrogen-bond donors (Lipinski definition) is 3. The molecule has 3 N–H and O–H groups in total. The van der Waals surface area contributed by atoms with Gasteiger partial charge in [-0.2, -0.15) is 0 Å². The Labute approximate surface area is 124 Å². The van der Waals surface area contributed by atoms with Gasteiger partial charge in [-0.05, 0) is 36.4 Å². The first kappa shape index (κ1) is 14.8. The number of anilines is 2. The topological polar surface area (TPSA) is 78.4 Å². The number of carboxylic acid groups (broad SMARTS) is 1. The van der Waals surface area contributed by atoms with Crippen molar-refractivity contribution >= 4 is 35.0 Å². The van der Waals surface area contributed by atoms with Crippen molar-refractivity contribution in [2.24, 2.45) is 0 Å². The zero-order valence-electron chi connectivity index (χ0n) is 10.6. The molecule has 0 aromatic heterocycles. The molecule has 0 bridgehead atoms. The van der Waals surface area contributed by atoms with Crippen LogP contribution in [0.2, 0.25) is 5.02 Å². The van der Waals surface area contributed by atoms with Crippen LogP contribution in [-0.4, -0.2) is 17.1 Å². The molecule has 5 nitrogen and oxygen atoms in total. The molecule has 0 radical (unpaired) electrons. The van der Waals surface area contributed by atoms with E-state index in [1.165, 1.54) is 6.07 Å². The predicted molar refractivity (Wildman–Crippen MR) is 77.5 cm³/mol. The molecule has 2 amide bonds. The van der Waals surface area contributed by atoms with Gasteiger partial charge in [0.1, 0.15) is 5.82 Å². The number of carboxylic acids is 1. The molecule has 2 aromatic rings. The molecule has 0 aliphatic heterocycles. The molecule has 0 aliphatic carbocycles. The third-order valence-corrected chi connectivity index (χ3v) is 2.78. The summed E-state index contributed by atoms with van der Waals surface area (Å²) < 4.78 is 13.2. The lowest BCUT2D eigenvalue weighted by Gasteiger charge is -2.10. The highest BCUT2D eigenvalue weighted by Gasteiger charge is 2.13. The SMILES string of the molecule is O=C(Nc1cccc(Cl)c1)Nc1cc(F)ccc1C(=O)O. The van der Waals surface area contributed by atoms with Crippen molar-refractivity contribution in [1.29, 1.82) is 0 Å². The quantitative estimate of drug-likeness (QED) is 0.806. The minimum Gasteiger partial charge on any atom is -0.478 e. The first-order valence-electron chi connectivity index (χ1n) is 5.82. The van der Waals surface area contributed by atoms with E-state index in [2.05, 4.69) is 10.6 Å². The van der Waals surface area contributed by atoms with E-state index >= 15 is 0 Å². The van der Waals surface area contributed by atoms with Gasteiger partial charge in [0.25, 0.3) is 0 Å². The molecule has 0 unspecified atom stereocenters. The smallest absolute Gasteiger partial charge is 0.337 e. The highest BCUT2D eigenvalue weighted by Crippen LogP contribution is 2.19. The second kappa shape index (κ2) is 6.23. The van der Waals surface area contributed by atoms with E-state index in [9.17, 15) is 14.0 Å². The van der Waals surface area contributed by atoms with E-state index in [0.717, 1.165) is 18.2 Å². The van der Waals surface area contributed by atoms with E-state index in [1.807, 2.05) is 0 Å². The molecule has 0 aliphatic rings. The van der Waals surface area contributed by atoms with Gasteiger partial charge in [-0.3, -0.25) is 0 Å².